The van der Waals surface area contributed by atoms with Crippen LogP contribution in [0.3, 0.4) is 0 Å². The fourth-order valence-electron chi connectivity index (χ4n) is 0.971. The maximum atomic E-state index is 9.71. The largest absolute Gasteiger partial charge is 0.432 e. The molecule has 1 nitrogen and oxygen atoms in total. The van der Waals surface area contributed by atoms with Gasteiger partial charge in [-0.15, -0.1) is 6.58 Å². The van der Waals surface area contributed by atoms with E-state index in [4.69, 9.17) is 0 Å². The Morgan fingerprint density at radius 2 is 2.20 bits per heavy atom. The molecule has 0 amide bonds. The van der Waals surface area contributed by atoms with Gasteiger partial charge < -0.3 is 4.80 Å². The summed E-state index contributed by atoms with van der Waals surface area (Å²) in [7, 11) is -1.84. The second-order valence-electron chi connectivity index (χ2n) is 3.09. The summed E-state index contributed by atoms with van der Waals surface area (Å²) < 4.78 is 0. The van der Waals surface area contributed by atoms with Crippen LogP contribution in [0.2, 0.25) is 18.6 Å². The van der Waals surface area contributed by atoms with Crippen LogP contribution in [0.5, 0.6) is 0 Å². The minimum absolute atomic E-state index is 0.840. The second-order valence-corrected chi connectivity index (χ2v) is 7.00. The van der Waals surface area contributed by atoms with Gasteiger partial charge in [0, 0.05) is 0 Å². The van der Waals surface area contributed by atoms with Gasteiger partial charge in [-0.25, -0.2) is 0 Å². The van der Waals surface area contributed by atoms with Gasteiger partial charge in [-0.05, 0) is 18.6 Å². The number of rotatable bonds is 5. The molecule has 0 aliphatic heterocycles. The summed E-state index contributed by atoms with van der Waals surface area (Å²) in [5.41, 5.74) is 0. The van der Waals surface area contributed by atoms with Gasteiger partial charge in [0.25, 0.3) is 0 Å². The van der Waals surface area contributed by atoms with Crippen LogP contribution < -0.4 is 0 Å². The first kappa shape index (κ1) is 9.92. The first-order chi connectivity index (χ1) is 4.62. The second kappa shape index (κ2) is 4.69. The topological polar surface area (TPSA) is 20.2 Å². The van der Waals surface area contributed by atoms with E-state index in [2.05, 4.69) is 13.5 Å². The lowest BCUT2D eigenvalue weighted by Gasteiger charge is -2.16. The molecule has 0 spiro atoms. The van der Waals surface area contributed by atoms with Crippen LogP contribution in [0.1, 0.15) is 19.8 Å². The predicted octanol–water partition coefficient (Wildman–Crippen LogP) is 2.54. The molecule has 0 rings (SSSR count). The highest BCUT2D eigenvalue weighted by atomic mass is 28.4. The van der Waals surface area contributed by atoms with E-state index in [9.17, 15) is 4.80 Å². The van der Waals surface area contributed by atoms with Gasteiger partial charge in [0.15, 0.2) is 8.32 Å². The lowest BCUT2D eigenvalue weighted by molar-refractivity contribution is 0.537. The van der Waals surface area contributed by atoms with Crippen LogP contribution in [0.4, 0.5) is 0 Å². The van der Waals surface area contributed by atoms with Crippen molar-refractivity contribution in [3.8, 4) is 0 Å². The number of unbranched alkanes of at least 4 members (excludes halogenated alkanes) is 1. The van der Waals surface area contributed by atoms with Gasteiger partial charge in [0.2, 0.25) is 0 Å². The number of allylic oxidation sites excluding steroid dienone is 1. The van der Waals surface area contributed by atoms with Crippen LogP contribution in [0.15, 0.2) is 12.7 Å². The summed E-state index contributed by atoms with van der Waals surface area (Å²) in [5, 5.41) is 0. The molecule has 0 aliphatic rings. The highest BCUT2D eigenvalue weighted by molar-refractivity contribution is 6.71. The van der Waals surface area contributed by atoms with E-state index >= 15 is 0 Å². The Hall–Kier alpha value is -0.0831. The first-order valence-electron chi connectivity index (χ1n) is 3.95. The Labute approximate surface area is 64.9 Å². The molecule has 0 heterocycles. The Bertz CT molecular complexity index is 99.4. The van der Waals surface area contributed by atoms with Crippen molar-refractivity contribution >= 4 is 8.32 Å². The lowest BCUT2D eigenvalue weighted by atomic mass is 10.4. The van der Waals surface area contributed by atoms with Gasteiger partial charge in [-0.2, -0.15) is 0 Å². The zero-order chi connectivity index (χ0) is 8.04. The zero-order valence-corrected chi connectivity index (χ0v) is 8.06. The van der Waals surface area contributed by atoms with E-state index in [0.29, 0.717) is 0 Å². The molecule has 1 N–H and O–H groups in total. The summed E-state index contributed by atoms with van der Waals surface area (Å²) >= 11 is 0. The fraction of sp³-hybridized carbons (Fsp3) is 0.750. The molecular formula is C8H18OSi. The molecule has 1 unspecified atom stereocenters. The highest BCUT2D eigenvalue weighted by Gasteiger charge is 2.20. The van der Waals surface area contributed by atoms with Crippen molar-refractivity contribution in [3.63, 3.8) is 0 Å². The molecule has 0 aromatic heterocycles. The molecule has 10 heavy (non-hydrogen) atoms. The minimum Gasteiger partial charge on any atom is -0.432 e. The Balaban J connectivity index is 3.51. The normalized spacial score (nSPS) is 16.3. The molecule has 0 aromatic carbocycles. The van der Waals surface area contributed by atoms with Gasteiger partial charge >= 0.3 is 0 Å². The first-order valence-corrected chi connectivity index (χ1v) is 6.82. The van der Waals surface area contributed by atoms with Crippen LogP contribution >= 0.6 is 0 Å². The quantitative estimate of drug-likeness (QED) is 0.481. The fourth-order valence-corrected chi connectivity index (χ4v) is 2.91. The zero-order valence-electron chi connectivity index (χ0n) is 7.06. The number of hydrogen-bond donors (Lipinski definition) is 1. The SMILES string of the molecule is C=CC[Si](C)(O)CCCC. The van der Waals surface area contributed by atoms with Crippen molar-refractivity contribution in [2.45, 2.75) is 38.4 Å². The van der Waals surface area contributed by atoms with Crippen LogP contribution in [0.25, 0.3) is 0 Å². The summed E-state index contributed by atoms with van der Waals surface area (Å²) in [6, 6.07) is 1.86. The van der Waals surface area contributed by atoms with Crippen molar-refractivity contribution in [2.75, 3.05) is 0 Å². The van der Waals surface area contributed by atoms with Crippen molar-refractivity contribution in [2.24, 2.45) is 0 Å². The van der Waals surface area contributed by atoms with E-state index < -0.39 is 8.32 Å². The highest BCUT2D eigenvalue weighted by Crippen LogP contribution is 2.15. The Kier molecular flexibility index (Phi) is 4.65. The van der Waals surface area contributed by atoms with E-state index in [1.807, 2.05) is 12.6 Å². The third-order valence-corrected chi connectivity index (χ3v) is 4.25. The average Bonchev–Trinajstić information content (AvgIpc) is 1.84. The Morgan fingerprint density at radius 1 is 1.60 bits per heavy atom. The summed E-state index contributed by atoms with van der Waals surface area (Å²) in [6.45, 7) is 7.78. The predicted molar refractivity (Wildman–Crippen MR) is 48.6 cm³/mol. The molecule has 0 fully saturated rings. The molecule has 0 saturated heterocycles. The summed E-state index contributed by atoms with van der Waals surface area (Å²) in [4.78, 5) is 9.71. The van der Waals surface area contributed by atoms with Gasteiger partial charge in [0.1, 0.15) is 0 Å². The smallest absolute Gasteiger partial charge is 0.189 e. The van der Waals surface area contributed by atoms with Gasteiger partial charge in [0.05, 0.1) is 0 Å². The van der Waals surface area contributed by atoms with E-state index in [1.165, 1.54) is 6.42 Å². The van der Waals surface area contributed by atoms with Crippen molar-refractivity contribution in [1.29, 1.82) is 0 Å². The molecule has 2 heteroatoms. The van der Waals surface area contributed by atoms with Crippen molar-refractivity contribution in [3.05, 3.63) is 12.7 Å². The number of hydrogen-bond acceptors (Lipinski definition) is 1. The van der Waals surface area contributed by atoms with Gasteiger partial charge in [-0.1, -0.05) is 25.8 Å². The third-order valence-electron chi connectivity index (χ3n) is 1.65. The minimum atomic E-state index is -1.84. The maximum absolute atomic E-state index is 9.71. The average molecular weight is 158 g/mol. The molecule has 0 aliphatic carbocycles. The molecule has 60 valence electrons. The van der Waals surface area contributed by atoms with Crippen LogP contribution in [-0.4, -0.2) is 13.1 Å². The van der Waals surface area contributed by atoms with Crippen LogP contribution in [0, 0.1) is 0 Å². The molecule has 1 atom stereocenters. The van der Waals surface area contributed by atoms with Crippen molar-refractivity contribution in [1.82, 2.24) is 0 Å². The standard InChI is InChI=1S/C8H18OSi/c1-4-6-8-10(3,9)7-5-2/h5,9H,2,4,6-8H2,1,3H3. The van der Waals surface area contributed by atoms with Crippen molar-refractivity contribution < 1.29 is 4.80 Å². The van der Waals surface area contributed by atoms with Gasteiger partial charge in [-0.3, -0.25) is 0 Å². The molecule has 0 saturated carbocycles. The van der Waals surface area contributed by atoms with E-state index in [-0.39, 0.29) is 0 Å². The molecule has 0 radical (unpaired) electrons. The molecule has 0 aromatic rings. The molecule has 0 bridgehead atoms. The summed E-state index contributed by atoms with van der Waals surface area (Å²) in [6.07, 6.45) is 4.18. The maximum Gasteiger partial charge on any atom is 0.189 e. The van der Waals surface area contributed by atoms with E-state index in [1.54, 1.807) is 0 Å². The Morgan fingerprint density at radius 3 is 2.60 bits per heavy atom. The third kappa shape index (κ3) is 4.76. The van der Waals surface area contributed by atoms with Crippen LogP contribution in [-0.2, 0) is 0 Å². The summed E-state index contributed by atoms with van der Waals surface area (Å²) in [5.74, 6) is 0. The molecular weight excluding hydrogens is 140 g/mol. The van der Waals surface area contributed by atoms with E-state index in [0.717, 1.165) is 18.5 Å². The monoisotopic (exact) mass is 158 g/mol. The lowest BCUT2D eigenvalue weighted by Crippen LogP contribution is -2.28.